The van der Waals surface area contributed by atoms with Crippen LogP contribution >= 0.6 is 23.1 Å². The van der Waals surface area contributed by atoms with Crippen LogP contribution in [-0.4, -0.2) is 16.6 Å². The van der Waals surface area contributed by atoms with Crippen molar-refractivity contribution in [2.24, 2.45) is 0 Å². The van der Waals surface area contributed by atoms with Gasteiger partial charge in [-0.2, -0.15) is 0 Å². The van der Waals surface area contributed by atoms with E-state index in [0.717, 1.165) is 14.9 Å². The van der Waals surface area contributed by atoms with Gasteiger partial charge in [0.2, 0.25) is 0 Å². The Kier molecular flexibility index (Phi) is 4.31. The monoisotopic (exact) mass is 306 g/mol. The van der Waals surface area contributed by atoms with Gasteiger partial charge in [-0.1, -0.05) is 35.2 Å². The van der Waals surface area contributed by atoms with Crippen LogP contribution in [0.1, 0.15) is 10.6 Å². The summed E-state index contributed by atoms with van der Waals surface area (Å²) >= 11 is 2.98. The number of rotatable bonds is 4. The predicted molar refractivity (Wildman–Crippen MR) is 67.3 cm³/mol. The number of alkyl halides is 3. The minimum absolute atomic E-state index is 0.215. The molecule has 2 rings (SSSR count). The second-order valence-electron chi connectivity index (χ2n) is 3.57. The van der Waals surface area contributed by atoms with Crippen LogP contribution in [-0.2, 0) is 5.75 Å². The number of benzene rings is 1. The molecule has 2 aromatic rings. The Balaban J connectivity index is 1.91. The highest BCUT2D eigenvalue weighted by molar-refractivity contribution is 8.00. The van der Waals surface area contributed by atoms with Gasteiger partial charge in [-0.3, -0.25) is 0 Å². The minimum Gasteiger partial charge on any atom is -0.406 e. The summed E-state index contributed by atoms with van der Waals surface area (Å²) in [5.74, 6) is 0.411. The Morgan fingerprint density at radius 3 is 2.42 bits per heavy atom. The third-order valence-electron chi connectivity index (χ3n) is 2.03. The molecule has 0 aliphatic rings. The zero-order valence-corrected chi connectivity index (χ0v) is 11.4. The molecular weight excluding hydrogens is 297 g/mol. The van der Waals surface area contributed by atoms with E-state index in [4.69, 9.17) is 0 Å². The number of aromatic nitrogens is 2. The van der Waals surface area contributed by atoms with Gasteiger partial charge in [-0.25, -0.2) is 0 Å². The van der Waals surface area contributed by atoms with E-state index in [1.54, 1.807) is 12.1 Å². The number of aryl methyl sites for hydroxylation is 1. The first kappa shape index (κ1) is 14.1. The second kappa shape index (κ2) is 5.79. The van der Waals surface area contributed by atoms with E-state index in [9.17, 15) is 13.2 Å². The van der Waals surface area contributed by atoms with Gasteiger partial charge in [0.1, 0.15) is 10.8 Å². The van der Waals surface area contributed by atoms with Crippen LogP contribution in [0.2, 0.25) is 0 Å². The summed E-state index contributed by atoms with van der Waals surface area (Å²) in [6.45, 7) is 1.87. The van der Waals surface area contributed by atoms with E-state index in [2.05, 4.69) is 14.9 Å². The zero-order valence-electron chi connectivity index (χ0n) is 9.77. The molecule has 0 bridgehead atoms. The lowest BCUT2D eigenvalue weighted by atomic mass is 10.2. The van der Waals surface area contributed by atoms with Crippen LogP contribution in [0.15, 0.2) is 28.6 Å². The number of ether oxygens (including phenoxy) is 1. The van der Waals surface area contributed by atoms with Gasteiger partial charge in [-0.15, -0.1) is 23.4 Å². The van der Waals surface area contributed by atoms with Crippen LogP contribution in [0.3, 0.4) is 0 Å². The smallest absolute Gasteiger partial charge is 0.406 e. The highest BCUT2D eigenvalue weighted by Crippen LogP contribution is 2.27. The molecule has 0 radical (unpaired) electrons. The molecule has 1 heterocycles. The van der Waals surface area contributed by atoms with Crippen LogP contribution in [0.25, 0.3) is 0 Å². The van der Waals surface area contributed by atoms with Crippen molar-refractivity contribution in [3.8, 4) is 5.75 Å². The van der Waals surface area contributed by atoms with Crippen molar-refractivity contribution < 1.29 is 17.9 Å². The Hall–Kier alpha value is -1.28. The van der Waals surface area contributed by atoms with Crippen LogP contribution < -0.4 is 4.74 Å². The maximum Gasteiger partial charge on any atom is 0.573 e. The zero-order chi connectivity index (χ0) is 13.9. The molecule has 0 fully saturated rings. The summed E-state index contributed by atoms with van der Waals surface area (Å²) in [7, 11) is 0. The molecule has 0 saturated heterocycles. The summed E-state index contributed by atoms with van der Waals surface area (Å²) < 4.78 is 40.6. The summed E-state index contributed by atoms with van der Waals surface area (Å²) in [4.78, 5) is 0. The molecule has 0 unspecified atom stereocenters. The largest absolute Gasteiger partial charge is 0.573 e. The standard InChI is InChI=1S/C11H9F3N2OS2/c1-7-15-16-10(19-7)18-6-8-2-4-9(5-3-8)17-11(12,13)14/h2-5H,6H2,1H3. The Bertz CT molecular complexity index is 540. The highest BCUT2D eigenvalue weighted by Gasteiger charge is 2.30. The maximum absolute atomic E-state index is 12.0. The predicted octanol–water partition coefficient (Wildman–Crippen LogP) is 4.04. The number of hydrogen-bond acceptors (Lipinski definition) is 5. The Morgan fingerprint density at radius 2 is 1.89 bits per heavy atom. The highest BCUT2D eigenvalue weighted by atomic mass is 32.2. The van der Waals surface area contributed by atoms with E-state index in [1.807, 2.05) is 6.92 Å². The molecule has 0 amide bonds. The number of halogens is 3. The SMILES string of the molecule is Cc1nnc(SCc2ccc(OC(F)(F)F)cc2)s1. The molecule has 0 atom stereocenters. The second-order valence-corrected chi connectivity index (χ2v) is 5.97. The molecule has 0 spiro atoms. The molecule has 102 valence electrons. The van der Waals surface area contributed by atoms with Gasteiger partial charge < -0.3 is 4.74 Å². The molecule has 1 aromatic heterocycles. The van der Waals surface area contributed by atoms with Gasteiger partial charge in [0.05, 0.1) is 0 Å². The Morgan fingerprint density at radius 1 is 1.21 bits per heavy atom. The van der Waals surface area contributed by atoms with Crippen molar-refractivity contribution in [2.45, 2.75) is 23.4 Å². The van der Waals surface area contributed by atoms with Crippen LogP contribution in [0.5, 0.6) is 5.75 Å². The van der Waals surface area contributed by atoms with Gasteiger partial charge in [-0.05, 0) is 24.6 Å². The number of hydrogen-bond donors (Lipinski definition) is 0. The molecule has 0 saturated carbocycles. The van der Waals surface area contributed by atoms with Crippen molar-refractivity contribution in [2.75, 3.05) is 0 Å². The van der Waals surface area contributed by atoms with E-state index >= 15 is 0 Å². The first-order valence-corrected chi connectivity index (χ1v) is 7.00. The maximum atomic E-state index is 12.0. The quantitative estimate of drug-likeness (QED) is 0.799. The van der Waals surface area contributed by atoms with Crippen molar-refractivity contribution >= 4 is 23.1 Å². The van der Waals surface area contributed by atoms with Gasteiger partial charge in [0.15, 0.2) is 4.34 Å². The molecule has 0 aliphatic heterocycles. The van der Waals surface area contributed by atoms with E-state index in [-0.39, 0.29) is 5.75 Å². The third-order valence-corrected chi connectivity index (χ3v) is 4.07. The number of nitrogens with zero attached hydrogens (tertiary/aromatic N) is 2. The van der Waals surface area contributed by atoms with E-state index in [0.29, 0.717) is 5.75 Å². The topological polar surface area (TPSA) is 35.0 Å². The van der Waals surface area contributed by atoms with Crippen molar-refractivity contribution in [3.05, 3.63) is 34.8 Å². The minimum atomic E-state index is -4.65. The van der Waals surface area contributed by atoms with Crippen LogP contribution in [0, 0.1) is 6.92 Å². The summed E-state index contributed by atoms with van der Waals surface area (Å²) in [5, 5.41) is 8.73. The molecule has 0 N–H and O–H groups in total. The summed E-state index contributed by atoms with van der Waals surface area (Å²) in [5.41, 5.74) is 0.896. The molecular formula is C11H9F3N2OS2. The van der Waals surface area contributed by atoms with Gasteiger partial charge in [0.25, 0.3) is 0 Å². The van der Waals surface area contributed by atoms with Gasteiger partial charge in [0, 0.05) is 5.75 Å². The fraction of sp³-hybridized carbons (Fsp3) is 0.273. The fourth-order valence-electron chi connectivity index (χ4n) is 1.27. The lowest BCUT2D eigenvalue weighted by Gasteiger charge is -2.08. The average molecular weight is 306 g/mol. The lowest BCUT2D eigenvalue weighted by Crippen LogP contribution is -2.16. The number of thioether (sulfide) groups is 1. The average Bonchev–Trinajstić information content (AvgIpc) is 2.72. The first-order valence-electron chi connectivity index (χ1n) is 5.20. The van der Waals surface area contributed by atoms with E-state index < -0.39 is 6.36 Å². The van der Waals surface area contributed by atoms with Crippen molar-refractivity contribution in [1.29, 1.82) is 0 Å². The molecule has 19 heavy (non-hydrogen) atoms. The lowest BCUT2D eigenvalue weighted by molar-refractivity contribution is -0.274. The normalized spacial score (nSPS) is 11.6. The molecule has 1 aromatic carbocycles. The van der Waals surface area contributed by atoms with E-state index in [1.165, 1.54) is 35.2 Å². The van der Waals surface area contributed by atoms with Gasteiger partial charge >= 0.3 is 6.36 Å². The molecule has 0 aliphatic carbocycles. The molecule has 8 heteroatoms. The van der Waals surface area contributed by atoms with Crippen molar-refractivity contribution in [3.63, 3.8) is 0 Å². The fourth-order valence-corrected chi connectivity index (χ4v) is 3.04. The molecule has 3 nitrogen and oxygen atoms in total. The first-order chi connectivity index (χ1) is 8.92. The van der Waals surface area contributed by atoms with Crippen LogP contribution in [0.4, 0.5) is 13.2 Å². The Labute approximate surface area is 115 Å². The summed E-state index contributed by atoms with van der Waals surface area (Å²) in [6, 6.07) is 5.80. The van der Waals surface area contributed by atoms with Crippen molar-refractivity contribution in [1.82, 2.24) is 10.2 Å². The summed E-state index contributed by atoms with van der Waals surface area (Å²) in [6.07, 6.45) is -4.65. The third kappa shape index (κ3) is 4.71.